The SMILES string of the molecule is CN1CC(=O)NC1=S.NC(Cc1ccc(O)cc1)C(=O)O. The number of nitrogens with two attached hydrogens (primary N) is 1. The summed E-state index contributed by atoms with van der Waals surface area (Å²) in [5.74, 6) is -0.877. The van der Waals surface area contributed by atoms with Crippen LogP contribution < -0.4 is 11.1 Å². The van der Waals surface area contributed by atoms with Crippen molar-refractivity contribution in [3.63, 3.8) is 0 Å². The highest BCUT2D eigenvalue weighted by molar-refractivity contribution is 7.80. The van der Waals surface area contributed by atoms with Crippen molar-refractivity contribution in [3.05, 3.63) is 29.8 Å². The van der Waals surface area contributed by atoms with Crippen LogP contribution in [0.3, 0.4) is 0 Å². The third-order valence-electron chi connectivity index (χ3n) is 2.68. The zero-order valence-corrected chi connectivity index (χ0v) is 12.3. The van der Waals surface area contributed by atoms with E-state index in [1.165, 1.54) is 12.1 Å². The van der Waals surface area contributed by atoms with Gasteiger partial charge >= 0.3 is 5.97 Å². The van der Waals surface area contributed by atoms with Crippen LogP contribution in [0.2, 0.25) is 0 Å². The summed E-state index contributed by atoms with van der Waals surface area (Å²) in [5.41, 5.74) is 6.12. The molecule has 1 saturated heterocycles. The number of benzene rings is 1. The summed E-state index contributed by atoms with van der Waals surface area (Å²) < 4.78 is 0. The van der Waals surface area contributed by atoms with Gasteiger partial charge in [0.25, 0.3) is 0 Å². The number of phenols is 1. The number of nitrogens with one attached hydrogen (secondary N) is 1. The van der Waals surface area contributed by atoms with Crippen LogP contribution in [0.4, 0.5) is 0 Å². The maximum Gasteiger partial charge on any atom is 0.320 e. The summed E-state index contributed by atoms with van der Waals surface area (Å²) in [6, 6.07) is 5.42. The molecule has 8 heteroatoms. The number of carbonyl (C=O) groups is 2. The molecule has 0 bridgehead atoms. The topological polar surface area (TPSA) is 116 Å². The fourth-order valence-electron chi connectivity index (χ4n) is 1.51. The number of rotatable bonds is 3. The lowest BCUT2D eigenvalue weighted by atomic mass is 10.1. The summed E-state index contributed by atoms with van der Waals surface area (Å²) in [5, 5.41) is 20.5. The van der Waals surface area contributed by atoms with Crippen molar-refractivity contribution in [1.29, 1.82) is 0 Å². The molecule has 1 heterocycles. The molecule has 114 valence electrons. The fraction of sp³-hybridized carbons (Fsp3) is 0.308. The first-order valence-corrected chi connectivity index (χ1v) is 6.51. The van der Waals surface area contributed by atoms with Crippen molar-refractivity contribution < 1.29 is 19.8 Å². The maximum atomic E-state index is 10.4. The van der Waals surface area contributed by atoms with E-state index in [1.807, 2.05) is 0 Å². The Morgan fingerprint density at radius 3 is 2.38 bits per heavy atom. The Kier molecular flexibility index (Phi) is 6.07. The van der Waals surface area contributed by atoms with E-state index in [2.05, 4.69) is 5.32 Å². The lowest BCUT2D eigenvalue weighted by Gasteiger charge is -2.05. The Hall–Kier alpha value is -2.19. The van der Waals surface area contributed by atoms with Crippen molar-refractivity contribution in [3.8, 4) is 5.75 Å². The van der Waals surface area contributed by atoms with Gasteiger partial charge in [-0.05, 0) is 36.3 Å². The van der Waals surface area contributed by atoms with Gasteiger partial charge in [0.1, 0.15) is 11.8 Å². The van der Waals surface area contributed by atoms with E-state index in [9.17, 15) is 9.59 Å². The number of carboxylic acid groups (broad SMARTS) is 1. The fourth-order valence-corrected chi connectivity index (χ4v) is 1.69. The third-order valence-corrected chi connectivity index (χ3v) is 3.10. The maximum absolute atomic E-state index is 10.4. The molecule has 1 amide bonds. The van der Waals surface area contributed by atoms with Crippen LogP contribution >= 0.6 is 12.2 Å². The minimum absolute atomic E-state index is 0.0162. The molecule has 5 N–H and O–H groups in total. The molecule has 1 aromatic rings. The first-order valence-electron chi connectivity index (χ1n) is 6.11. The number of carbonyl (C=O) groups excluding carboxylic acids is 1. The highest BCUT2D eigenvalue weighted by atomic mass is 32.1. The van der Waals surface area contributed by atoms with E-state index < -0.39 is 12.0 Å². The molecule has 1 fully saturated rings. The second-order valence-corrected chi connectivity index (χ2v) is 4.91. The Morgan fingerprint density at radius 1 is 1.48 bits per heavy atom. The Balaban J connectivity index is 0.000000235. The number of amides is 1. The van der Waals surface area contributed by atoms with Crippen LogP contribution in [0.15, 0.2) is 24.3 Å². The van der Waals surface area contributed by atoms with E-state index >= 15 is 0 Å². The summed E-state index contributed by atoms with van der Waals surface area (Å²) in [4.78, 5) is 22.5. The highest BCUT2D eigenvalue weighted by Crippen LogP contribution is 2.10. The number of hydrogen-bond acceptors (Lipinski definition) is 5. The normalized spacial score (nSPS) is 15.0. The Bertz CT molecular complexity index is 533. The number of carboxylic acids is 1. The number of aliphatic carboxylic acids is 1. The van der Waals surface area contributed by atoms with Gasteiger partial charge in [-0.25, -0.2) is 0 Å². The summed E-state index contributed by atoms with van der Waals surface area (Å²) in [6.45, 7) is 0.402. The molecule has 0 radical (unpaired) electrons. The van der Waals surface area contributed by atoms with Gasteiger partial charge in [-0.1, -0.05) is 12.1 Å². The van der Waals surface area contributed by atoms with Crippen molar-refractivity contribution in [2.24, 2.45) is 5.73 Å². The van der Waals surface area contributed by atoms with E-state index in [0.717, 1.165) is 5.56 Å². The molecular weight excluding hydrogens is 294 g/mol. The highest BCUT2D eigenvalue weighted by Gasteiger charge is 2.18. The third kappa shape index (κ3) is 5.76. The van der Waals surface area contributed by atoms with Gasteiger partial charge in [0, 0.05) is 7.05 Å². The number of nitrogens with zero attached hydrogens (tertiary/aromatic N) is 1. The second-order valence-electron chi connectivity index (χ2n) is 4.52. The quantitative estimate of drug-likeness (QED) is 0.565. The summed E-state index contributed by atoms with van der Waals surface area (Å²) in [7, 11) is 1.78. The monoisotopic (exact) mass is 311 g/mol. The molecule has 7 nitrogen and oxygen atoms in total. The molecule has 1 aliphatic rings. The molecule has 0 spiro atoms. The first kappa shape index (κ1) is 16.9. The number of likely N-dealkylation sites (N-methyl/N-ethyl adjacent to an activating group) is 1. The average molecular weight is 311 g/mol. The predicted molar refractivity (Wildman–Crippen MR) is 80.8 cm³/mol. The standard InChI is InChI=1S/C9H11NO3.C4H6N2OS/c10-8(9(12)13)5-6-1-3-7(11)4-2-6;1-6-2-3(7)5-4(6)8/h1-4,8,11H,5,10H2,(H,12,13);2H2,1H3,(H,5,7,8). The number of phenolic OH excluding ortho intramolecular Hbond substituents is 1. The molecule has 0 saturated carbocycles. The molecule has 1 aliphatic heterocycles. The van der Waals surface area contributed by atoms with E-state index in [4.69, 9.17) is 28.2 Å². The van der Waals surface area contributed by atoms with Gasteiger partial charge in [-0.3, -0.25) is 9.59 Å². The molecule has 1 unspecified atom stereocenters. The number of aromatic hydroxyl groups is 1. The largest absolute Gasteiger partial charge is 0.508 e. The van der Waals surface area contributed by atoms with Crippen LogP contribution in [0.25, 0.3) is 0 Å². The van der Waals surface area contributed by atoms with Crippen LogP contribution in [-0.4, -0.2) is 51.7 Å². The Labute approximate surface area is 127 Å². The molecule has 0 aromatic heterocycles. The minimum Gasteiger partial charge on any atom is -0.508 e. The minimum atomic E-state index is -1.02. The lowest BCUT2D eigenvalue weighted by molar-refractivity contribution is -0.138. The van der Waals surface area contributed by atoms with Gasteiger partial charge in [0.2, 0.25) is 5.91 Å². The van der Waals surface area contributed by atoms with E-state index in [0.29, 0.717) is 11.7 Å². The zero-order valence-electron chi connectivity index (χ0n) is 11.4. The van der Waals surface area contributed by atoms with E-state index in [1.54, 1.807) is 24.1 Å². The van der Waals surface area contributed by atoms with E-state index in [-0.39, 0.29) is 18.1 Å². The Morgan fingerprint density at radius 2 is 2.05 bits per heavy atom. The molecule has 1 aromatic carbocycles. The molecule has 1 atom stereocenters. The van der Waals surface area contributed by atoms with Gasteiger partial charge < -0.3 is 26.2 Å². The molecule has 0 aliphatic carbocycles. The van der Waals surface area contributed by atoms with Gasteiger partial charge in [0.05, 0.1) is 6.54 Å². The number of thiocarbonyl (C=S) groups is 1. The van der Waals surface area contributed by atoms with Crippen LogP contribution in [0.5, 0.6) is 5.75 Å². The smallest absolute Gasteiger partial charge is 0.320 e. The number of hydrogen-bond donors (Lipinski definition) is 4. The first-order chi connectivity index (χ1) is 9.79. The van der Waals surface area contributed by atoms with Crippen LogP contribution in [-0.2, 0) is 16.0 Å². The van der Waals surface area contributed by atoms with Gasteiger partial charge in [-0.15, -0.1) is 0 Å². The van der Waals surface area contributed by atoms with Crippen LogP contribution in [0, 0.1) is 0 Å². The molecule has 21 heavy (non-hydrogen) atoms. The van der Waals surface area contributed by atoms with Crippen molar-refractivity contribution in [1.82, 2.24) is 10.2 Å². The zero-order chi connectivity index (χ0) is 16.0. The second kappa shape index (κ2) is 7.55. The summed E-state index contributed by atoms with van der Waals surface area (Å²) >= 11 is 4.71. The predicted octanol–water partition coefficient (Wildman–Crippen LogP) is -0.320. The van der Waals surface area contributed by atoms with Crippen molar-refractivity contribution in [2.45, 2.75) is 12.5 Å². The lowest BCUT2D eigenvalue weighted by Crippen LogP contribution is -2.32. The van der Waals surface area contributed by atoms with Crippen molar-refractivity contribution >= 4 is 29.2 Å². The van der Waals surface area contributed by atoms with Crippen molar-refractivity contribution in [2.75, 3.05) is 13.6 Å². The van der Waals surface area contributed by atoms with Gasteiger partial charge in [-0.2, -0.15) is 0 Å². The molecular formula is C13H17N3O4S. The van der Waals surface area contributed by atoms with Gasteiger partial charge in [0.15, 0.2) is 5.11 Å². The average Bonchev–Trinajstić information content (AvgIpc) is 2.70. The molecule has 2 rings (SSSR count). The van der Waals surface area contributed by atoms with Crippen LogP contribution in [0.1, 0.15) is 5.56 Å². The summed E-state index contributed by atoms with van der Waals surface area (Å²) in [6.07, 6.45) is 0.273.